The fraction of sp³-hybridized carbons (Fsp3) is 1.00. The van der Waals surface area contributed by atoms with Gasteiger partial charge in [0.05, 0.1) is 0 Å². The lowest BCUT2D eigenvalue weighted by molar-refractivity contribution is 0.629. The summed E-state index contributed by atoms with van der Waals surface area (Å²) >= 11 is 0. The SMILES string of the molecule is CCCCCCC.O[SiH3]. The molecule has 0 amide bonds. The van der Waals surface area contributed by atoms with Crippen molar-refractivity contribution >= 4 is 10.5 Å². The van der Waals surface area contributed by atoms with Crippen molar-refractivity contribution in [3.63, 3.8) is 0 Å². The second-order valence-electron chi connectivity index (χ2n) is 2.06. The lowest BCUT2D eigenvalue weighted by atomic mass is 10.2. The van der Waals surface area contributed by atoms with E-state index in [1.165, 1.54) is 32.1 Å². The lowest BCUT2D eigenvalue weighted by Crippen LogP contribution is -1.70. The van der Waals surface area contributed by atoms with E-state index in [1.807, 2.05) is 0 Å². The summed E-state index contributed by atoms with van der Waals surface area (Å²) in [6.07, 6.45) is 7.01. The normalized spacial score (nSPS) is 8.33. The summed E-state index contributed by atoms with van der Waals surface area (Å²) in [5, 5.41) is 0. The molecule has 0 aromatic rings. The zero-order chi connectivity index (χ0) is 7.54. The van der Waals surface area contributed by atoms with Crippen LogP contribution in [0.2, 0.25) is 0 Å². The molecule has 0 spiro atoms. The third-order valence-corrected chi connectivity index (χ3v) is 1.21. The first-order chi connectivity index (χ1) is 4.41. The second-order valence-corrected chi connectivity index (χ2v) is 2.06. The molecule has 0 bridgehead atoms. The number of rotatable bonds is 4. The molecule has 2 heteroatoms. The van der Waals surface area contributed by atoms with Gasteiger partial charge in [0.2, 0.25) is 0 Å². The Morgan fingerprint density at radius 3 is 1.44 bits per heavy atom. The fourth-order valence-corrected chi connectivity index (χ4v) is 0.677. The third-order valence-electron chi connectivity index (χ3n) is 1.21. The molecular weight excluding hydrogens is 128 g/mol. The van der Waals surface area contributed by atoms with Crippen LogP contribution in [0.25, 0.3) is 0 Å². The smallest absolute Gasteiger partial charge is 0.141 e. The predicted molar refractivity (Wildman–Crippen MR) is 46.6 cm³/mol. The summed E-state index contributed by atoms with van der Waals surface area (Å²) in [7, 11) is 0.306. The summed E-state index contributed by atoms with van der Waals surface area (Å²) in [6, 6.07) is 0. The van der Waals surface area contributed by atoms with Gasteiger partial charge in [-0.25, -0.2) is 0 Å². The Morgan fingerprint density at radius 2 is 1.22 bits per heavy atom. The standard InChI is InChI=1S/C7H16.H4OSi/c1-3-5-7-6-4-2;1-2/h3-7H2,1-2H3;1H,2H3. The topological polar surface area (TPSA) is 20.2 Å². The highest BCUT2D eigenvalue weighted by atomic mass is 28.2. The lowest BCUT2D eigenvalue weighted by Gasteiger charge is -1.90. The van der Waals surface area contributed by atoms with Gasteiger partial charge in [0.15, 0.2) is 0 Å². The molecule has 9 heavy (non-hydrogen) atoms. The van der Waals surface area contributed by atoms with E-state index in [9.17, 15) is 0 Å². The maximum atomic E-state index is 7.14. The molecule has 0 saturated carbocycles. The first kappa shape index (κ1) is 11.9. The molecule has 0 rings (SSSR count). The minimum Gasteiger partial charge on any atom is -0.442 e. The van der Waals surface area contributed by atoms with Crippen molar-refractivity contribution < 1.29 is 4.80 Å². The van der Waals surface area contributed by atoms with Gasteiger partial charge in [-0.1, -0.05) is 46.0 Å². The molecule has 0 aliphatic rings. The average molecular weight is 148 g/mol. The van der Waals surface area contributed by atoms with E-state index in [-0.39, 0.29) is 0 Å². The molecule has 58 valence electrons. The summed E-state index contributed by atoms with van der Waals surface area (Å²) in [6.45, 7) is 4.49. The van der Waals surface area contributed by atoms with E-state index in [4.69, 9.17) is 4.80 Å². The highest BCUT2D eigenvalue weighted by molar-refractivity contribution is 5.95. The summed E-state index contributed by atoms with van der Waals surface area (Å²) in [5.41, 5.74) is 0. The van der Waals surface area contributed by atoms with Crippen LogP contribution in [0.4, 0.5) is 0 Å². The molecule has 0 unspecified atom stereocenters. The maximum Gasteiger partial charge on any atom is 0.141 e. The molecule has 0 aromatic carbocycles. The highest BCUT2D eigenvalue weighted by Crippen LogP contribution is 2.00. The minimum atomic E-state index is 0.306. The largest absolute Gasteiger partial charge is 0.442 e. The molecule has 0 radical (unpaired) electrons. The second kappa shape index (κ2) is 15.7. The van der Waals surface area contributed by atoms with Crippen molar-refractivity contribution in [1.29, 1.82) is 0 Å². The molecule has 0 aliphatic heterocycles. The molecular formula is C7H20OSi. The zero-order valence-electron chi connectivity index (χ0n) is 6.98. The summed E-state index contributed by atoms with van der Waals surface area (Å²) < 4.78 is 0. The van der Waals surface area contributed by atoms with Crippen LogP contribution in [-0.2, 0) is 0 Å². The van der Waals surface area contributed by atoms with Crippen LogP contribution < -0.4 is 0 Å². The Morgan fingerprint density at radius 1 is 0.889 bits per heavy atom. The first-order valence-corrected chi connectivity index (χ1v) is 4.76. The molecule has 0 aliphatic carbocycles. The maximum absolute atomic E-state index is 7.14. The summed E-state index contributed by atoms with van der Waals surface area (Å²) in [5.74, 6) is 0. The van der Waals surface area contributed by atoms with E-state index in [0.29, 0.717) is 10.5 Å². The molecule has 1 N–H and O–H groups in total. The van der Waals surface area contributed by atoms with Crippen LogP contribution >= 0.6 is 0 Å². The van der Waals surface area contributed by atoms with Crippen molar-refractivity contribution in [3.8, 4) is 0 Å². The van der Waals surface area contributed by atoms with Crippen molar-refractivity contribution in [2.24, 2.45) is 0 Å². The van der Waals surface area contributed by atoms with E-state index in [1.54, 1.807) is 0 Å². The van der Waals surface area contributed by atoms with Crippen molar-refractivity contribution in [2.75, 3.05) is 0 Å². The van der Waals surface area contributed by atoms with E-state index in [2.05, 4.69) is 13.8 Å². The van der Waals surface area contributed by atoms with Gasteiger partial charge in [0, 0.05) is 0 Å². The van der Waals surface area contributed by atoms with Crippen molar-refractivity contribution in [1.82, 2.24) is 0 Å². The Bertz CT molecular complexity index is 28.1. The van der Waals surface area contributed by atoms with E-state index in [0.717, 1.165) is 0 Å². The van der Waals surface area contributed by atoms with Gasteiger partial charge >= 0.3 is 0 Å². The Hall–Kier alpha value is 0.177. The molecule has 1 nitrogen and oxygen atoms in total. The monoisotopic (exact) mass is 148 g/mol. The van der Waals surface area contributed by atoms with Gasteiger partial charge in [-0.05, 0) is 0 Å². The van der Waals surface area contributed by atoms with Crippen LogP contribution in [-0.4, -0.2) is 15.3 Å². The average Bonchev–Trinajstić information content (AvgIpc) is 1.94. The van der Waals surface area contributed by atoms with Gasteiger partial charge in [-0.3, -0.25) is 0 Å². The quantitative estimate of drug-likeness (QED) is 0.470. The molecule has 0 aromatic heterocycles. The minimum absolute atomic E-state index is 0.306. The van der Waals surface area contributed by atoms with Gasteiger partial charge < -0.3 is 4.80 Å². The predicted octanol–water partition coefficient (Wildman–Crippen LogP) is 1.24. The molecule has 0 fully saturated rings. The molecule has 0 atom stereocenters. The van der Waals surface area contributed by atoms with E-state index >= 15 is 0 Å². The van der Waals surface area contributed by atoms with Crippen LogP contribution in [0.15, 0.2) is 0 Å². The Labute approximate surface area is 62.0 Å². The van der Waals surface area contributed by atoms with E-state index < -0.39 is 0 Å². The Balaban J connectivity index is 0. The van der Waals surface area contributed by atoms with Gasteiger partial charge in [-0.2, -0.15) is 0 Å². The first-order valence-electron chi connectivity index (χ1n) is 3.86. The van der Waals surface area contributed by atoms with Crippen LogP contribution in [0.3, 0.4) is 0 Å². The number of hydrogen-bond donors (Lipinski definition) is 1. The zero-order valence-corrected chi connectivity index (χ0v) is 8.98. The van der Waals surface area contributed by atoms with Crippen molar-refractivity contribution in [3.05, 3.63) is 0 Å². The van der Waals surface area contributed by atoms with Crippen LogP contribution in [0.5, 0.6) is 0 Å². The van der Waals surface area contributed by atoms with Crippen molar-refractivity contribution in [2.45, 2.75) is 46.0 Å². The van der Waals surface area contributed by atoms with Crippen LogP contribution in [0.1, 0.15) is 46.0 Å². The molecule has 0 heterocycles. The number of unbranched alkanes of at least 4 members (excludes halogenated alkanes) is 4. The summed E-state index contributed by atoms with van der Waals surface area (Å²) in [4.78, 5) is 7.14. The van der Waals surface area contributed by atoms with Gasteiger partial charge in [0.25, 0.3) is 0 Å². The third kappa shape index (κ3) is 17.9. The van der Waals surface area contributed by atoms with Gasteiger partial charge in [0.1, 0.15) is 10.5 Å². The molecule has 0 saturated heterocycles. The fourth-order valence-electron chi connectivity index (χ4n) is 0.677. The van der Waals surface area contributed by atoms with Gasteiger partial charge in [-0.15, -0.1) is 0 Å². The Kier molecular flexibility index (Phi) is 20.8. The van der Waals surface area contributed by atoms with Crippen LogP contribution in [0, 0.1) is 0 Å². The number of hydrogen-bond acceptors (Lipinski definition) is 1. The highest BCUT2D eigenvalue weighted by Gasteiger charge is 1.80.